The van der Waals surface area contributed by atoms with Crippen LogP contribution < -0.4 is 0 Å². The third kappa shape index (κ3) is 3.77. The quantitative estimate of drug-likeness (QED) is 0.812. The largest absolute Gasteiger partial charge is 0.383 e. The van der Waals surface area contributed by atoms with Gasteiger partial charge in [-0.3, -0.25) is 4.90 Å². The smallest absolute Gasteiger partial charge is 0.178 e. The van der Waals surface area contributed by atoms with Crippen LogP contribution in [0.3, 0.4) is 0 Å². The number of hydrogen-bond acceptors (Lipinski definition) is 4. The first-order chi connectivity index (χ1) is 9.11. The number of ether oxygens (including phenoxy) is 1. The van der Waals surface area contributed by atoms with Crippen LogP contribution in [-0.4, -0.2) is 41.4 Å². The number of likely N-dealkylation sites (tertiary alicyclic amines) is 1. The Morgan fingerprint density at radius 1 is 1.47 bits per heavy atom. The third-order valence-electron chi connectivity index (χ3n) is 3.61. The summed E-state index contributed by atoms with van der Waals surface area (Å²) >= 11 is 3.50. The van der Waals surface area contributed by atoms with Crippen molar-refractivity contribution < 1.29 is 14.9 Å². The molecule has 2 N–H and O–H groups in total. The van der Waals surface area contributed by atoms with Crippen LogP contribution in [-0.2, 0) is 11.3 Å². The highest BCUT2D eigenvalue weighted by molar-refractivity contribution is 9.10. The van der Waals surface area contributed by atoms with E-state index in [4.69, 9.17) is 14.9 Å². The van der Waals surface area contributed by atoms with Crippen molar-refractivity contribution in [1.29, 1.82) is 0 Å². The van der Waals surface area contributed by atoms with Gasteiger partial charge in [-0.15, -0.1) is 0 Å². The topological polar surface area (TPSA) is 52.9 Å². The van der Waals surface area contributed by atoms with Crippen LogP contribution in [0.5, 0.6) is 0 Å². The number of hydrogen-bond donors (Lipinski definition) is 2. The maximum absolute atomic E-state index is 9.14. The summed E-state index contributed by atoms with van der Waals surface area (Å²) in [4.78, 5) is 2.42. The Labute approximate surface area is 122 Å². The number of halogens is 1. The molecule has 0 spiro atoms. The van der Waals surface area contributed by atoms with Gasteiger partial charge in [-0.25, -0.2) is 0 Å². The lowest BCUT2D eigenvalue weighted by Gasteiger charge is -2.24. The first kappa shape index (κ1) is 14.9. The average molecular weight is 330 g/mol. The lowest BCUT2D eigenvalue weighted by atomic mass is 10.1. The van der Waals surface area contributed by atoms with Gasteiger partial charge in [0.1, 0.15) is 0 Å². The molecule has 0 aromatic heterocycles. The molecule has 1 aliphatic rings. The fraction of sp³-hybridized carbons (Fsp3) is 0.571. The van der Waals surface area contributed by atoms with Crippen LogP contribution in [0.1, 0.15) is 30.3 Å². The van der Waals surface area contributed by atoms with E-state index in [2.05, 4.69) is 20.8 Å². The highest BCUT2D eigenvalue weighted by Crippen LogP contribution is 2.26. The summed E-state index contributed by atoms with van der Waals surface area (Å²) in [7, 11) is 1.74. The van der Waals surface area contributed by atoms with Crippen LogP contribution in [0.25, 0.3) is 0 Å². The van der Waals surface area contributed by atoms with Gasteiger partial charge in [0.05, 0.1) is 6.61 Å². The summed E-state index contributed by atoms with van der Waals surface area (Å²) in [6, 6.07) is 5.95. The molecule has 1 fully saturated rings. The van der Waals surface area contributed by atoms with Gasteiger partial charge in [0.2, 0.25) is 0 Å². The maximum Gasteiger partial charge on any atom is 0.178 e. The van der Waals surface area contributed by atoms with E-state index < -0.39 is 6.29 Å². The molecule has 0 unspecified atom stereocenters. The monoisotopic (exact) mass is 329 g/mol. The minimum Gasteiger partial charge on any atom is -0.383 e. The summed E-state index contributed by atoms with van der Waals surface area (Å²) in [5, 5.41) is 18.3. The molecule has 1 aliphatic heterocycles. The molecule has 19 heavy (non-hydrogen) atoms. The Bertz CT molecular complexity index is 425. The maximum atomic E-state index is 9.14. The zero-order chi connectivity index (χ0) is 13.8. The standard InChI is InChI=1S/C14H20BrNO3/c1-19-9-12-3-2-6-16(12)8-11-5-4-10(14(17)18)7-13(11)15/h4-5,7,12,14,17-18H,2-3,6,8-9H2,1H3/t12-/m0/s1. The molecule has 1 aromatic rings. The minimum absolute atomic E-state index is 0.486. The Morgan fingerprint density at radius 3 is 2.89 bits per heavy atom. The molecule has 1 saturated heterocycles. The SMILES string of the molecule is COC[C@@H]1CCCN1Cc1ccc(C(O)O)cc1Br. The van der Waals surface area contributed by atoms with Gasteiger partial charge in [-0.2, -0.15) is 0 Å². The van der Waals surface area contributed by atoms with Crippen molar-refractivity contribution in [1.82, 2.24) is 4.90 Å². The van der Waals surface area contributed by atoms with Crippen molar-refractivity contribution in [2.45, 2.75) is 31.7 Å². The Kier molecular flexibility index (Phi) is 5.36. The van der Waals surface area contributed by atoms with E-state index in [0.717, 1.165) is 29.7 Å². The Balaban J connectivity index is 2.06. The predicted molar refractivity (Wildman–Crippen MR) is 76.6 cm³/mol. The van der Waals surface area contributed by atoms with Crippen LogP contribution in [0.4, 0.5) is 0 Å². The van der Waals surface area contributed by atoms with Crippen molar-refractivity contribution in [2.24, 2.45) is 0 Å². The molecule has 0 saturated carbocycles. The second-order valence-corrected chi connectivity index (χ2v) is 5.80. The molecule has 1 heterocycles. The number of aliphatic hydroxyl groups is 2. The molecule has 2 rings (SSSR count). The zero-order valence-electron chi connectivity index (χ0n) is 11.1. The van der Waals surface area contributed by atoms with Gasteiger partial charge in [-0.05, 0) is 31.0 Å². The molecular weight excluding hydrogens is 310 g/mol. The number of benzene rings is 1. The third-order valence-corrected chi connectivity index (χ3v) is 4.35. The summed E-state index contributed by atoms with van der Waals surface area (Å²) in [6.07, 6.45) is 0.969. The highest BCUT2D eigenvalue weighted by atomic mass is 79.9. The molecule has 0 amide bonds. The first-order valence-corrected chi connectivity index (χ1v) is 7.28. The van der Waals surface area contributed by atoms with Crippen molar-refractivity contribution in [2.75, 3.05) is 20.3 Å². The van der Waals surface area contributed by atoms with Crippen LogP contribution in [0, 0.1) is 0 Å². The lowest BCUT2D eigenvalue weighted by Crippen LogP contribution is -2.32. The fourth-order valence-corrected chi connectivity index (χ4v) is 3.08. The van der Waals surface area contributed by atoms with E-state index in [-0.39, 0.29) is 0 Å². The van der Waals surface area contributed by atoms with Crippen LogP contribution in [0.2, 0.25) is 0 Å². The average Bonchev–Trinajstić information content (AvgIpc) is 2.79. The van der Waals surface area contributed by atoms with E-state index >= 15 is 0 Å². The van der Waals surface area contributed by atoms with Crippen molar-refractivity contribution in [3.05, 3.63) is 33.8 Å². The van der Waals surface area contributed by atoms with E-state index in [1.54, 1.807) is 19.2 Å². The van der Waals surface area contributed by atoms with E-state index in [1.807, 2.05) is 6.07 Å². The van der Waals surface area contributed by atoms with Gasteiger partial charge in [0, 0.05) is 29.7 Å². The van der Waals surface area contributed by atoms with Crippen molar-refractivity contribution >= 4 is 15.9 Å². The summed E-state index contributed by atoms with van der Waals surface area (Å²) in [5.74, 6) is 0. The molecule has 0 radical (unpaired) electrons. The van der Waals surface area contributed by atoms with Gasteiger partial charge in [-0.1, -0.05) is 28.1 Å². The second kappa shape index (κ2) is 6.81. The molecule has 0 bridgehead atoms. The molecule has 5 heteroatoms. The normalized spacial score (nSPS) is 20.4. The van der Waals surface area contributed by atoms with E-state index in [1.165, 1.54) is 12.8 Å². The Hall–Kier alpha value is -0.460. The molecular formula is C14H20BrNO3. The minimum atomic E-state index is -1.42. The van der Waals surface area contributed by atoms with E-state index in [9.17, 15) is 0 Å². The number of aliphatic hydroxyl groups excluding tert-OH is 1. The molecule has 1 aromatic carbocycles. The fourth-order valence-electron chi connectivity index (χ4n) is 2.56. The zero-order valence-corrected chi connectivity index (χ0v) is 12.6. The number of nitrogens with zero attached hydrogens (tertiary/aromatic N) is 1. The van der Waals surface area contributed by atoms with Gasteiger partial charge < -0.3 is 14.9 Å². The summed E-state index contributed by atoms with van der Waals surface area (Å²) < 4.78 is 6.17. The molecule has 1 atom stereocenters. The van der Waals surface area contributed by atoms with Crippen LogP contribution >= 0.6 is 15.9 Å². The predicted octanol–water partition coefficient (Wildman–Crippen LogP) is 2.04. The van der Waals surface area contributed by atoms with Gasteiger partial charge in [0.15, 0.2) is 6.29 Å². The van der Waals surface area contributed by atoms with Gasteiger partial charge >= 0.3 is 0 Å². The molecule has 0 aliphatic carbocycles. The summed E-state index contributed by atoms with van der Waals surface area (Å²) in [5.41, 5.74) is 1.66. The number of rotatable bonds is 5. The molecule has 4 nitrogen and oxygen atoms in total. The van der Waals surface area contributed by atoms with Crippen molar-refractivity contribution in [3.63, 3.8) is 0 Å². The number of methoxy groups -OCH3 is 1. The van der Waals surface area contributed by atoms with Crippen LogP contribution in [0.15, 0.2) is 22.7 Å². The molecule has 106 valence electrons. The lowest BCUT2D eigenvalue weighted by molar-refractivity contribution is -0.0425. The Morgan fingerprint density at radius 2 is 2.26 bits per heavy atom. The first-order valence-electron chi connectivity index (χ1n) is 6.49. The van der Waals surface area contributed by atoms with E-state index in [0.29, 0.717) is 11.6 Å². The highest BCUT2D eigenvalue weighted by Gasteiger charge is 2.24. The second-order valence-electron chi connectivity index (χ2n) is 4.95. The summed E-state index contributed by atoms with van der Waals surface area (Å²) in [6.45, 7) is 2.71. The van der Waals surface area contributed by atoms with Crippen molar-refractivity contribution in [3.8, 4) is 0 Å². The van der Waals surface area contributed by atoms with Gasteiger partial charge in [0.25, 0.3) is 0 Å².